The third-order valence-electron chi connectivity index (χ3n) is 3.33. The number of nitrogens with one attached hydrogen (secondary N) is 1. The van der Waals surface area contributed by atoms with Crippen molar-refractivity contribution >= 4 is 11.8 Å². The van der Waals surface area contributed by atoms with E-state index in [4.69, 9.17) is 0 Å². The lowest BCUT2D eigenvalue weighted by Crippen LogP contribution is -2.48. The maximum atomic E-state index is 12.5. The van der Waals surface area contributed by atoms with Crippen LogP contribution in [0.25, 0.3) is 0 Å². The number of carbonyl (C=O) groups excluding carboxylic acids is 2. The molecule has 1 unspecified atom stereocenters. The van der Waals surface area contributed by atoms with E-state index in [2.05, 4.69) is 15.6 Å². The van der Waals surface area contributed by atoms with Crippen molar-refractivity contribution in [3.05, 3.63) is 11.9 Å². The van der Waals surface area contributed by atoms with Gasteiger partial charge in [0.1, 0.15) is 6.04 Å². The summed E-state index contributed by atoms with van der Waals surface area (Å²) in [6, 6.07) is -0.424. The van der Waals surface area contributed by atoms with Crippen molar-refractivity contribution in [2.24, 2.45) is 13.0 Å². The Hall–Kier alpha value is -1.92. The minimum absolute atomic E-state index is 0.0755. The highest BCUT2D eigenvalue weighted by Crippen LogP contribution is 2.17. The molecule has 1 fully saturated rings. The highest BCUT2D eigenvalue weighted by Gasteiger charge is 2.33. The molecule has 7 nitrogen and oxygen atoms in total. The summed E-state index contributed by atoms with van der Waals surface area (Å²) in [5.74, 6) is 0.0373. The molecule has 1 aliphatic rings. The van der Waals surface area contributed by atoms with Gasteiger partial charge in [-0.25, -0.2) is 0 Å². The van der Waals surface area contributed by atoms with Crippen LogP contribution in [0.15, 0.2) is 6.20 Å². The molecule has 0 aromatic carbocycles. The molecule has 1 atom stereocenters. The van der Waals surface area contributed by atoms with Gasteiger partial charge >= 0.3 is 0 Å². The van der Waals surface area contributed by atoms with Crippen LogP contribution in [-0.2, 0) is 11.8 Å². The predicted octanol–water partition coefficient (Wildman–Crippen LogP) is 0.192. The van der Waals surface area contributed by atoms with Gasteiger partial charge < -0.3 is 10.2 Å². The Morgan fingerprint density at radius 3 is 2.90 bits per heavy atom. The third kappa shape index (κ3) is 3.15. The van der Waals surface area contributed by atoms with Gasteiger partial charge in [0.05, 0.1) is 6.20 Å². The number of hydrogen-bond acceptors (Lipinski definition) is 4. The van der Waals surface area contributed by atoms with E-state index in [1.165, 1.54) is 4.68 Å². The summed E-state index contributed by atoms with van der Waals surface area (Å²) in [7, 11) is 1.71. The van der Waals surface area contributed by atoms with E-state index >= 15 is 0 Å². The third-order valence-corrected chi connectivity index (χ3v) is 3.33. The Bertz CT molecular complexity index is 497. The Morgan fingerprint density at radius 1 is 1.55 bits per heavy atom. The zero-order valence-electron chi connectivity index (χ0n) is 12.2. The molecule has 0 radical (unpaired) electrons. The van der Waals surface area contributed by atoms with Gasteiger partial charge in [0.15, 0.2) is 5.69 Å². The molecule has 1 saturated heterocycles. The largest absolute Gasteiger partial charge is 0.354 e. The summed E-state index contributed by atoms with van der Waals surface area (Å²) < 4.78 is 1.49. The second-order valence-corrected chi connectivity index (χ2v) is 5.57. The van der Waals surface area contributed by atoms with Gasteiger partial charge in [-0.05, 0) is 18.8 Å². The van der Waals surface area contributed by atoms with Gasteiger partial charge in [-0.3, -0.25) is 14.3 Å². The first kappa shape index (κ1) is 14.5. The van der Waals surface area contributed by atoms with Gasteiger partial charge in [0.2, 0.25) is 5.91 Å². The second-order valence-electron chi connectivity index (χ2n) is 5.57. The first-order valence-electron chi connectivity index (χ1n) is 6.94. The van der Waals surface area contributed by atoms with Crippen molar-refractivity contribution in [3.8, 4) is 0 Å². The van der Waals surface area contributed by atoms with Gasteiger partial charge in [-0.1, -0.05) is 19.1 Å². The lowest BCUT2D eigenvalue weighted by molar-refractivity contribution is -0.125. The molecule has 2 amide bonds. The minimum atomic E-state index is -0.424. The summed E-state index contributed by atoms with van der Waals surface area (Å²) >= 11 is 0. The van der Waals surface area contributed by atoms with Gasteiger partial charge in [0, 0.05) is 20.1 Å². The normalized spacial score (nSPS) is 19.9. The van der Waals surface area contributed by atoms with E-state index in [-0.39, 0.29) is 17.5 Å². The van der Waals surface area contributed by atoms with Crippen LogP contribution >= 0.6 is 0 Å². The highest BCUT2D eigenvalue weighted by molar-refractivity contribution is 5.96. The van der Waals surface area contributed by atoms with E-state index in [0.29, 0.717) is 25.4 Å². The smallest absolute Gasteiger partial charge is 0.276 e. The molecule has 110 valence electrons. The number of rotatable bonds is 3. The van der Waals surface area contributed by atoms with Crippen molar-refractivity contribution in [2.75, 3.05) is 13.1 Å². The Morgan fingerprint density at radius 2 is 2.30 bits per heavy atom. The SMILES string of the molecule is CC(C)CC1C(=O)NCCCN1C(=O)c1cn(C)nn1. The molecule has 7 heteroatoms. The average molecular weight is 279 g/mol. The molecule has 2 heterocycles. The summed E-state index contributed by atoms with van der Waals surface area (Å²) in [4.78, 5) is 26.3. The molecular formula is C13H21N5O2. The maximum Gasteiger partial charge on any atom is 0.276 e. The number of nitrogens with zero attached hydrogens (tertiary/aromatic N) is 4. The molecule has 1 aromatic heterocycles. The van der Waals surface area contributed by atoms with Crippen molar-refractivity contribution < 1.29 is 9.59 Å². The van der Waals surface area contributed by atoms with Crippen LogP contribution in [0.3, 0.4) is 0 Å². The first-order valence-corrected chi connectivity index (χ1v) is 6.94. The Balaban J connectivity index is 2.24. The first-order chi connectivity index (χ1) is 9.49. The highest BCUT2D eigenvalue weighted by atomic mass is 16.2. The van der Waals surface area contributed by atoms with E-state index in [1.54, 1.807) is 18.1 Å². The zero-order valence-corrected chi connectivity index (χ0v) is 12.2. The van der Waals surface area contributed by atoms with Crippen LogP contribution in [0.2, 0.25) is 0 Å². The molecule has 2 rings (SSSR count). The standard InChI is InChI=1S/C13H21N5O2/c1-9(2)7-11-12(19)14-5-4-6-18(11)13(20)10-8-17(3)16-15-10/h8-9,11H,4-7H2,1-3H3,(H,14,19). The molecule has 1 N–H and O–H groups in total. The maximum absolute atomic E-state index is 12.5. The van der Waals surface area contributed by atoms with Crippen molar-refractivity contribution in [3.63, 3.8) is 0 Å². The van der Waals surface area contributed by atoms with E-state index in [1.807, 2.05) is 13.8 Å². The number of amides is 2. The van der Waals surface area contributed by atoms with E-state index in [9.17, 15) is 9.59 Å². The van der Waals surface area contributed by atoms with E-state index in [0.717, 1.165) is 6.42 Å². The molecule has 0 bridgehead atoms. The fourth-order valence-electron chi connectivity index (χ4n) is 2.39. The minimum Gasteiger partial charge on any atom is -0.354 e. The van der Waals surface area contributed by atoms with Crippen LogP contribution in [0.5, 0.6) is 0 Å². The quantitative estimate of drug-likeness (QED) is 0.856. The monoisotopic (exact) mass is 279 g/mol. The Labute approximate surface area is 118 Å². The number of carbonyl (C=O) groups is 2. The lowest BCUT2D eigenvalue weighted by Gasteiger charge is -2.28. The number of aromatic nitrogens is 3. The van der Waals surface area contributed by atoms with Crippen LogP contribution in [0.4, 0.5) is 0 Å². The van der Waals surface area contributed by atoms with Gasteiger partial charge in [-0.15, -0.1) is 5.10 Å². The van der Waals surface area contributed by atoms with Crippen molar-refractivity contribution in [2.45, 2.75) is 32.7 Å². The molecule has 20 heavy (non-hydrogen) atoms. The van der Waals surface area contributed by atoms with Crippen LogP contribution in [0.1, 0.15) is 37.2 Å². The molecule has 1 aromatic rings. The summed E-state index contributed by atoms with van der Waals surface area (Å²) in [5.41, 5.74) is 0.288. The summed E-state index contributed by atoms with van der Waals surface area (Å²) in [6.45, 7) is 5.26. The zero-order chi connectivity index (χ0) is 14.7. The van der Waals surface area contributed by atoms with Gasteiger partial charge in [-0.2, -0.15) is 0 Å². The summed E-state index contributed by atoms with van der Waals surface area (Å²) in [5, 5.41) is 10.5. The molecule has 0 aliphatic carbocycles. The van der Waals surface area contributed by atoms with Crippen LogP contribution < -0.4 is 5.32 Å². The predicted molar refractivity (Wildman–Crippen MR) is 72.9 cm³/mol. The second kappa shape index (κ2) is 6.02. The van der Waals surface area contributed by atoms with Crippen molar-refractivity contribution in [1.29, 1.82) is 0 Å². The molecular weight excluding hydrogens is 258 g/mol. The van der Waals surface area contributed by atoms with Crippen LogP contribution in [0, 0.1) is 5.92 Å². The van der Waals surface area contributed by atoms with Crippen molar-refractivity contribution in [1.82, 2.24) is 25.2 Å². The fraction of sp³-hybridized carbons (Fsp3) is 0.692. The average Bonchev–Trinajstić information content (AvgIpc) is 2.74. The topological polar surface area (TPSA) is 80.1 Å². The van der Waals surface area contributed by atoms with Gasteiger partial charge in [0.25, 0.3) is 5.91 Å². The Kier molecular flexibility index (Phi) is 4.36. The number of aryl methyl sites for hydroxylation is 1. The molecule has 0 saturated carbocycles. The molecule has 1 aliphatic heterocycles. The molecule has 0 spiro atoms. The van der Waals surface area contributed by atoms with Crippen LogP contribution in [-0.4, -0.2) is 50.8 Å². The number of hydrogen-bond donors (Lipinski definition) is 1. The fourth-order valence-corrected chi connectivity index (χ4v) is 2.39. The van der Waals surface area contributed by atoms with E-state index < -0.39 is 6.04 Å². The lowest BCUT2D eigenvalue weighted by atomic mass is 10.0. The summed E-state index contributed by atoms with van der Waals surface area (Å²) in [6.07, 6.45) is 2.99.